The zero-order chi connectivity index (χ0) is 16.9. The first-order valence-corrected chi connectivity index (χ1v) is 7.09. The van der Waals surface area contributed by atoms with Gasteiger partial charge in [0.25, 0.3) is 5.91 Å². The van der Waals surface area contributed by atoms with E-state index in [4.69, 9.17) is 0 Å². The van der Waals surface area contributed by atoms with Gasteiger partial charge in [-0.3, -0.25) is 14.4 Å². The van der Waals surface area contributed by atoms with Crippen molar-refractivity contribution in [2.45, 2.75) is 33.7 Å². The molecule has 0 saturated heterocycles. The Bertz CT molecular complexity index is 559. The maximum atomic E-state index is 12.0. The summed E-state index contributed by atoms with van der Waals surface area (Å²) in [6.07, 6.45) is 0. The van der Waals surface area contributed by atoms with Crippen molar-refractivity contribution in [1.82, 2.24) is 10.6 Å². The Morgan fingerprint density at radius 2 is 1.59 bits per heavy atom. The van der Waals surface area contributed by atoms with Crippen LogP contribution in [0.15, 0.2) is 24.3 Å². The molecule has 22 heavy (non-hydrogen) atoms. The Hall–Kier alpha value is -2.37. The fourth-order valence-electron chi connectivity index (χ4n) is 1.58. The Morgan fingerprint density at radius 3 is 2.05 bits per heavy atom. The number of amides is 3. The number of hydrogen-bond donors (Lipinski definition) is 3. The molecule has 6 heteroatoms. The van der Waals surface area contributed by atoms with Crippen molar-refractivity contribution in [3.63, 3.8) is 0 Å². The van der Waals surface area contributed by atoms with E-state index in [1.165, 1.54) is 0 Å². The predicted octanol–water partition coefficient (Wildman–Crippen LogP) is 1.54. The Labute approximate surface area is 130 Å². The van der Waals surface area contributed by atoms with E-state index in [2.05, 4.69) is 16.0 Å². The molecule has 0 aliphatic rings. The van der Waals surface area contributed by atoms with Crippen molar-refractivity contribution in [2.75, 3.05) is 12.4 Å². The van der Waals surface area contributed by atoms with Crippen molar-refractivity contribution in [3.8, 4) is 0 Å². The van der Waals surface area contributed by atoms with Crippen LogP contribution in [-0.4, -0.2) is 30.8 Å². The quantitative estimate of drug-likeness (QED) is 0.788. The Morgan fingerprint density at radius 1 is 1.05 bits per heavy atom. The molecular formula is C16H23N3O3. The molecule has 0 aromatic heterocycles. The third-order valence-electron chi connectivity index (χ3n) is 3.06. The maximum absolute atomic E-state index is 12.0. The second-order valence-corrected chi connectivity index (χ2v) is 6.09. The van der Waals surface area contributed by atoms with Gasteiger partial charge in [0.15, 0.2) is 0 Å². The first-order chi connectivity index (χ1) is 10.1. The average molecular weight is 305 g/mol. The smallest absolute Gasteiger partial charge is 0.251 e. The minimum absolute atomic E-state index is 0.190. The SMILES string of the molecule is CNC(=O)c1ccc(NC(=O)C(C)NC(=O)C(C)(C)C)cc1. The van der Waals surface area contributed by atoms with Crippen molar-refractivity contribution >= 4 is 23.4 Å². The highest BCUT2D eigenvalue weighted by molar-refractivity contribution is 5.98. The van der Waals surface area contributed by atoms with Gasteiger partial charge in [-0.1, -0.05) is 20.8 Å². The maximum Gasteiger partial charge on any atom is 0.251 e. The Kier molecular flexibility index (Phi) is 5.68. The zero-order valence-electron chi connectivity index (χ0n) is 13.6. The van der Waals surface area contributed by atoms with Crippen LogP contribution in [0.1, 0.15) is 38.1 Å². The molecule has 0 fully saturated rings. The van der Waals surface area contributed by atoms with E-state index in [1.807, 2.05) is 0 Å². The number of carbonyl (C=O) groups is 3. The molecule has 1 unspecified atom stereocenters. The van der Waals surface area contributed by atoms with Gasteiger partial charge < -0.3 is 16.0 Å². The highest BCUT2D eigenvalue weighted by Crippen LogP contribution is 2.13. The van der Waals surface area contributed by atoms with Gasteiger partial charge >= 0.3 is 0 Å². The lowest BCUT2D eigenvalue weighted by Gasteiger charge is -2.21. The predicted molar refractivity (Wildman–Crippen MR) is 85.5 cm³/mol. The molecule has 0 radical (unpaired) electrons. The molecule has 0 saturated carbocycles. The van der Waals surface area contributed by atoms with Crippen LogP contribution in [0.25, 0.3) is 0 Å². The van der Waals surface area contributed by atoms with E-state index in [9.17, 15) is 14.4 Å². The third-order valence-corrected chi connectivity index (χ3v) is 3.06. The van der Waals surface area contributed by atoms with Crippen LogP contribution in [-0.2, 0) is 9.59 Å². The molecule has 120 valence electrons. The zero-order valence-corrected chi connectivity index (χ0v) is 13.6. The molecule has 1 rings (SSSR count). The van der Waals surface area contributed by atoms with E-state index in [-0.39, 0.29) is 17.7 Å². The molecule has 0 heterocycles. The summed E-state index contributed by atoms with van der Waals surface area (Å²) in [6.45, 7) is 6.97. The fraction of sp³-hybridized carbons (Fsp3) is 0.438. The lowest BCUT2D eigenvalue weighted by atomic mass is 9.95. The second-order valence-electron chi connectivity index (χ2n) is 6.09. The van der Waals surface area contributed by atoms with Crippen LogP contribution in [0.2, 0.25) is 0 Å². The van der Waals surface area contributed by atoms with Crippen molar-refractivity contribution in [3.05, 3.63) is 29.8 Å². The minimum atomic E-state index is -0.648. The van der Waals surface area contributed by atoms with Gasteiger partial charge in [-0.05, 0) is 31.2 Å². The molecule has 3 amide bonds. The van der Waals surface area contributed by atoms with Crippen LogP contribution in [0.5, 0.6) is 0 Å². The van der Waals surface area contributed by atoms with Crippen LogP contribution >= 0.6 is 0 Å². The van der Waals surface area contributed by atoms with Crippen LogP contribution in [0.3, 0.4) is 0 Å². The number of benzene rings is 1. The first-order valence-electron chi connectivity index (χ1n) is 7.09. The molecule has 1 aromatic rings. The van der Waals surface area contributed by atoms with E-state index in [1.54, 1.807) is 59.0 Å². The van der Waals surface area contributed by atoms with Gasteiger partial charge in [0.1, 0.15) is 6.04 Å². The highest BCUT2D eigenvalue weighted by atomic mass is 16.2. The van der Waals surface area contributed by atoms with E-state index in [0.29, 0.717) is 11.3 Å². The van der Waals surface area contributed by atoms with E-state index in [0.717, 1.165) is 0 Å². The fourth-order valence-corrected chi connectivity index (χ4v) is 1.58. The Balaban J connectivity index is 2.64. The number of anilines is 1. The highest BCUT2D eigenvalue weighted by Gasteiger charge is 2.25. The minimum Gasteiger partial charge on any atom is -0.355 e. The summed E-state index contributed by atoms with van der Waals surface area (Å²) in [4.78, 5) is 35.3. The number of hydrogen-bond acceptors (Lipinski definition) is 3. The summed E-state index contributed by atoms with van der Waals surface area (Å²) >= 11 is 0. The van der Waals surface area contributed by atoms with Crippen molar-refractivity contribution in [1.29, 1.82) is 0 Å². The largest absolute Gasteiger partial charge is 0.355 e. The standard InChI is InChI=1S/C16H23N3O3/c1-10(18-15(22)16(2,3)4)13(20)19-12-8-6-11(7-9-12)14(21)17-5/h6-10H,1-5H3,(H,17,21)(H,18,22)(H,19,20). The molecule has 1 atom stereocenters. The molecule has 6 nitrogen and oxygen atoms in total. The summed E-state index contributed by atoms with van der Waals surface area (Å²) in [5, 5.41) is 7.88. The van der Waals surface area contributed by atoms with Crippen LogP contribution in [0, 0.1) is 5.41 Å². The van der Waals surface area contributed by atoms with Gasteiger partial charge in [-0.2, -0.15) is 0 Å². The van der Waals surface area contributed by atoms with Crippen molar-refractivity contribution < 1.29 is 14.4 Å². The summed E-state index contributed by atoms with van der Waals surface area (Å²) in [5.41, 5.74) is 0.521. The van der Waals surface area contributed by atoms with Crippen LogP contribution < -0.4 is 16.0 Å². The molecule has 1 aromatic carbocycles. The van der Waals surface area contributed by atoms with Gasteiger partial charge in [0.05, 0.1) is 0 Å². The summed E-state index contributed by atoms with van der Waals surface area (Å²) in [5.74, 6) is -0.695. The first kappa shape index (κ1) is 17.7. The van der Waals surface area contributed by atoms with Gasteiger partial charge in [-0.15, -0.1) is 0 Å². The summed E-state index contributed by atoms with van der Waals surface area (Å²) < 4.78 is 0. The van der Waals surface area contributed by atoms with E-state index < -0.39 is 11.5 Å². The monoisotopic (exact) mass is 305 g/mol. The number of carbonyl (C=O) groups excluding carboxylic acids is 3. The molecule has 0 bridgehead atoms. The van der Waals surface area contributed by atoms with E-state index >= 15 is 0 Å². The lowest BCUT2D eigenvalue weighted by molar-refractivity contribution is -0.131. The average Bonchev–Trinajstić information content (AvgIpc) is 2.46. The summed E-state index contributed by atoms with van der Waals surface area (Å²) in [6, 6.07) is 5.87. The van der Waals surface area contributed by atoms with Crippen molar-refractivity contribution in [2.24, 2.45) is 5.41 Å². The molecule has 0 aliphatic heterocycles. The molecule has 0 aliphatic carbocycles. The van der Waals surface area contributed by atoms with Gasteiger partial charge in [-0.25, -0.2) is 0 Å². The van der Waals surface area contributed by atoms with Crippen LogP contribution in [0.4, 0.5) is 5.69 Å². The number of nitrogens with one attached hydrogen (secondary N) is 3. The number of rotatable bonds is 4. The lowest BCUT2D eigenvalue weighted by Crippen LogP contribution is -2.46. The molecule has 3 N–H and O–H groups in total. The van der Waals surface area contributed by atoms with Gasteiger partial charge in [0, 0.05) is 23.7 Å². The van der Waals surface area contributed by atoms with Gasteiger partial charge in [0.2, 0.25) is 11.8 Å². The summed E-state index contributed by atoms with van der Waals surface area (Å²) in [7, 11) is 1.55. The molecular weight excluding hydrogens is 282 g/mol. The normalized spacial score (nSPS) is 12.2. The molecule has 0 spiro atoms. The third kappa shape index (κ3) is 4.87. The topological polar surface area (TPSA) is 87.3 Å². The second kappa shape index (κ2) is 7.06.